The smallest absolute Gasteiger partial charge is 0.416 e. The monoisotopic (exact) mass is 530 g/mol. The summed E-state index contributed by atoms with van der Waals surface area (Å²) in [6, 6.07) is 5.63. The third-order valence-electron chi connectivity index (χ3n) is 6.40. The number of aliphatic hydroxyl groups is 2. The SMILES string of the molecule is Cc1nc(-c2cccc(C(F)(F)F)c2)nc2c1N1CC[C@@H](C1)N2C(=O)Nc1cncc(OC[C@H](O)CO)c1. The zero-order chi connectivity index (χ0) is 27.0. The van der Waals surface area contributed by atoms with Crippen LogP contribution in [0.3, 0.4) is 0 Å². The molecule has 3 N–H and O–H groups in total. The number of ether oxygens (including phenoxy) is 1. The lowest BCUT2D eigenvalue weighted by Gasteiger charge is -2.36. The molecule has 1 fully saturated rings. The molecule has 2 atom stereocenters. The van der Waals surface area contributed by atoms with E-state index in [9.17, 15) is 23.1 Å². The summed E-state index contributed by atoms with van der Waals surface area (Å²) < 4.78 is 45.3. The van der Waals surface area contributed by atoms with E-state index >= 15 is 0 Å². The maximum Gasteiger partial charge on any atom is 0.416 e. The molecule has 1 saturated heterocycles. The minimum atomic E-state index is -4.52. The third-order valence-corrected chi connectivity index (χ3v) is 6.40. The fraction of sp³-hybridized carbons (Fsp3) is 0.360. The zero-order valence-electron chi connectivity index (χ0n) is 20.3. The van der Waals surface area contributed by atoms with E-state index in [-0.39, 0.29) is 29.8 Å². The summed E-state index contributed by atoms with van der Waals surface area (Å²) in [5, 5.41) is 21.2. The number of rotatable bonds is 6. The van der Waals surface area contributed by atoms with Crippen molar-refractivity contribution in [3.05, 3.63) is 54.0 Å². The molecule has 2 aromatic heterocycles. The van der Waals surface area contributed by atoms with Crippen molar-refractivity contribution in [1.29, 1.82) is 0 Å². The molecular weight excluding hydrogens is 505 g/mol. The van der Waals surface area contributed by atoms with Gasteiger partial charge in [-0.15, -0.1) is 0 Å². The molecule has 0 saturated carbocycles. The highest BCUT2D eigenvalue weighted by molar-refractivity contribution is 6.05. The molecule has 10 nitrogen and oxygen atoms in total. The number of amides is 2. The van der Waals surface area contributed by atoms with Crippen molar-refractivity contribution in [2.45, 2.75) is 31.7 Å². The molecule has 3 aromatic rings. The molecule has 2 aliphatic rings. The summed E-state index contributed by atoms with van der Waals surface area (Å²) in [6.07, 6.45) is -2.06. The second-order valence-corrected chi connectivity index (χ2v) is 9.13. The normalized spacial score (nSPS) is 17.3. The minimum Gasteiger partial charge on any atom is -0.489 e. The predicted octanol–water partition coefficient (Wildman–Crippen LogP) is 3.23. The quantitative estimate of drug-likeness (QED) is 0.444. The van der Waals surface area contributed by atoms with Crippen LogP contribution in [0.1, 0.15) is 17.7 Å². The van der Waals surface area contributed by atoms with Gasteiger partial charge in [0, 0.05) is 24.7 Å². The number of halogens is 3. The van der Waals surface area contributed by atoms with E-state index in [1.807, 2.05) is 0 Å². The van der Waals surface area contributed by atoms with E-state index in [0.717, 1.165) is 12.1 Å². The van der Waals surface area contributed by atoms with Crippen LogP contribution in [0.15, 0.2) is 42.7 Å². The molecular formula is C25H25F3N6O4. The standard InChI is InChI=1S/C25H25F3N6O4/c1-14-21-23(32-22(30-14)15-3-2-4-16(7-15)25(26,27)28)34(18-5-6-33(21)11-18)24(37)31-17-8-20(10-29-9-17)38-13-19(36)12-35/h2-4,7-10,18-19,35-36H,5-6,11-13H2,1H3,(H,31,37)/t18-,19+/m0/s1. The van der Waals surface area contributed by atoms with Crippen LogP contribution in [0.2, 0.25) is 0 Å². The minimum absolute atomic E-state index is 0.0900. The molecule has 200 valence electrons. The Morgan fingerprint density at radius 2 is 2.08 bits per heavy atom. The van der Waals surface area contributed by atoms with Gasteiger partial charge in [0.05, 0.1) is 42.0 Å². The molecule has 2 bridgehead atoms. The van der Waals surface area contributed by atoms with Crippen LogP contribution in [-0.2, 0) is 6.18 Å². The first kappa shape index (κ1) is 25.7. The zero-order valence-corrected chi connectivity index (χ0v) is 20.3. The van der Waals surface area contributed by atoms with Crippen LogP contribution in [0.4, 0.5) is 35.2 Å². The summed E-state index contributed by atoms with van der Waals surface area (Å²) in [7, 11) is 0. The van der Waals surface area contributed by atoms with Crippen LogP contribution in [0, 0.1) is 6.92 Å². The number of nitrogens with zero attached hydrogens (tertiary/aromatic N) is 5. The van der Waals surface area contributed by atoms with Gasteiger partial charge in [0.25, 0.3) is 0 Å². The molecule has 1 aromatic carbocycles. The van der Waals surface area contributed by atoms with E-state index < -0.39 is 30.5 Å². The van der Waals surface area contributed by atoms with E-state index in [0.29, 0.717) is 42.4 Å². The van der Waals surface area contributed by atoms with Gasteiger partial charge in [-0.2, -0.15) is 13.2 Å². The van der Waals surface area contributed by atoms with Gasteiger partial charge in [-0.25, -0.2) is 14.8 Å². The van der Waals surface area contributed by atoms with Crippen molar-refractivity contribution in [2.24, 2.45) is 0 Å². The van der Waals surface area contributed by atoms with Crippen molar-refractivity contribution in [3.63, 3.8) is 0 Å². The topological polar surface area (TPSA) is 124 Å². The van der Waals surface area contributed by atoms with E-state index in [1.54, 1.807) is 6.92 Å². The van der Waals surface area contributed by atoms with Crippen LogP contribution in [-0.4, -0.2) is 69.6 Å². The van der Waals surface area contributed by atoms with Gasteiger partial charge < -0.3 is 25.2 Å². The summed E-state index contributed by atoms with van der Waals surface area (Å²) >= 11 is 0. The molecule has 5 rings (SSSR count). The second kappa shape index (κ2) is 10.1. The summed E-state index contributed by atoms with van der Waals surface area (Å²) in [6.45, 7) is 2.40. The van der Waals surface area contributed by atoms with Crippen LogP contribution < -0.4 is 19.9 Å². The van der Waals surface area contributed by atoms with Crippen molar-refractivity contribution in [2.75, 3.05) is 41.4 Å². The van der Waals surface area contributed by atoms with Crippen molar-refractivity contribution >= 4 is 23.2 Å². The van der Waals surface area contributed by atoms with Crippen molar-refractivity contribution in [1.82, 2.24) is 15.0 Å². The fourth-order valence-corrected chi connectivity index (χ4v) is 4.64. The summed E-state index contributed by atoms with van der Waals surface area (Å²) in [5.41, 5.74) is 0.932. The van der Waals surface area contributed by atoms with Crippen LogP contribution in [0.25, 0.3) is 11.4 Å². The number of carbonyl (C=O) groups is 1. The van der Waals surface area contributed by atoms with Crippen molar-refractivity contribution < 1.29 is 32.9 Å². The first-order valence-electron chi connectivity index (χ1n) is 11.9. The maximum absolute atomic E-state index is 13.5. The van der Waals surface area contributed by atoms with E-state index in [1.165, 1.54) is 35.5 Å². The molecule has 38 heavy (non-hydrogen) atoms. The molecule has 13 heteroatoms. The average Bonchev–Trinajstić information content (AvgIpc) is 3.29. The number of pyridine rings is 1. The number of hydrogen-bond acceptors (Lipinski definition) is 8. The second-order valence-electron chi connectivity index (χ2n) is 9.13. The Morgan fingerprint density at radius 1 is 1.26 bits per heavy atom. The highest BCUT2D eigenvalue weighted by atomic mass is 19.4. The number of carbonyl (C=O) groups excluding carboxylic acids is 1. The number of aromatic nitrogens is 3. The van der Waals surface area contributed by atoms with Gasteiger partial charge >= 0.3 is 12.2 Å². The molecule has 0 spiro atoms. The number of aryl methyl sites for hydroxylation is 1. The van der Waals surface area contributed by atoms with Gasteiger partial charge in [0.2, 0.25) is 0 Å². The Kier molecular flexibility index (Phi) is 6.80. The average molecular weight is 531 g/mol. The van der Waals surface area contributed by atoms with Gasteiger partial charge in [-0.3, -0.25) is 9.88 Å². The first-order chi connectivity index (χ1) is 18.1. The Morgan fingerprint density at radius 3 is 2.84 bits per heavy atom. The maximum atomic E-state index is 13.5. The number of urea groups is 1. The highest BCUT2D eigenvalue weighted by Gasteiger charge is 2.42. The van der Waals surface area contributed by atoms with Gasteiger partial charge in [-0.05, 0) is 25.5 Å². The number of anilines is 3. The van der Waals surface area contributed by atoms with Gasteiger partial charge in [-0.1, -0.05) is 12.1 Å². The fourth-order valence-electron chi connectivity index (χ4n) is 4.64. The summed E-state index contributed by atoms with van der Waals surface area (Å²) in [4.78, 5) is 30.2. The number of nitrogens with one attached hydrogen (secondary N) is 1. The highest BCUT2D eigenvalue weighted by Crippen LogP contribution is 2.42. The van der Waals surface area contributed by atoms with E-state index in [4.69, 9.17) is 9.84 Å². The lowest BCUT2D eigenvalue weighted by Crippen LogP contribution is -2.48. The Balaban J connectivity index is 1.46. The summed E-state index contributed by atoms with van der Waals surface area (Å²) in [5.74, 6) is 0.695. The number of hydrogen-bond donors (Lipinski definition) is 3. The molecule has 4 heterocycles. The Bertz CT molecular complexity index is 1350. The molecule has 0 aliphatic carbocycles. The molecule has 2 aliphatic heterocycles. The number of alkyl halides is 3. The first-order valence-corrected chi connectivity index (χ1v) is 11.9. The Hall–Kier alpha value is -3.97. The number of aliphatic hydroxyl groups excluding tert-OH is 2. The van der Waals surface area contributed by atoms with Crippen LogP contribution >= 0.6 is 0 Å². The lowest BCUT2D eigenvalue weighted by atomic mass is 10.1. The largest absolute Gasteiger partial charge is 0.489 e. The van der Waals surface area contributed by atoms with Crippen LogP contribution in [0.5, 0.6) is 5.75 Å². The van der Waals surface area contributed by atoms with E-state index in [2.05, 4.69) is 25.2 Å². The lowest BCUT2D eigenvalue weighted by molar-refractivity contribution is -0.137. The Labute approximate surface area is 215 Å². The predicted molar refractivity (Wildman–Crippen MR) is 132 cm³/mol. The molecule has 0 unspecified atom stereocenters. The number of fused-ring (bicyclic) bond motifs is 4. The van der Waals surface area contributed by atoms with Crippen molar-refractivity contribution in [3.8, 4) is 17.1 Å². The number of benzene rings is 1. The van der Waals surface area contributed by atoms with Gasteiger partial charge in [0.15, 0.2) is 11.6 Å². The van der Waals surface area contributed by atoms with Gasteiger partial charge in [0.1, 0.15) is 24.1 Å². The molecule has 0 radical (unpaired) electrons. The third kappa shape index (κ3) is 5.07. The molecule has 2 amide bonds.